The fourth-order valence-corrected chi connectivity index (χ4v) is 3.54. The van der Waals surface area contributed by atoms with E-state index in [0.717, 1.165) is 57.8 Å². The molecule has 164 valence electrons. The van der Waals surface area contributed by atoms with Gasteiger partial charge in [-0.1, -0.05) is 43.9 Å². The zero-order valence-electron chi connectivity index (χ0n) is 19.0. The molecule has 0 bridgehead atoms. The Hall–Kier alpha value is -1.84. The Labute approximate surface area is 176 Å². The average Bonchev–Trinajstić information content (AvgIpc) is 2.62. The zero-order chi connectivity index (χ0) is 22.1. The van der Waals surface area contributed by atoms with Gasteiger partial charge in [0.2, 0.25) is 0 Å². The molecule has 1 rings (SSSR count). The number of rotatable bonds is 14. The Kier molecular flexibility index (Phi) is 9.88. The summed E-state index contributed by atoms with van der Waals surface area (Å²) in [4.78, 5) is 22.3. The van der Waals surface area contributed by atoms with E-state index in [9.17, 15) is 14.7 Å². The van der Waals surface area contributed by atoms with Gasteiger partial charge in [-0.15, -0.1) is 0 Å². The summed E-state index contributed by atoms with van der Waals surface area (Å²) >= 11 is 0. The Morgan fingerprint density at radius 2 is 1.24 bits per heavy atom. The lowest BCUT2D eigenvalue weighted by molar-refractivity contribution is -0.148. The monoisotopic (exact) mass is 404 g/mol. The minimum absolute atomic E-state index is 0.615. The van der Waals surface area contributed by atoms with Gasteiger partial charge in [0.1, 0.15) is 0 Å². The molecule has 0 spiro atoms. The minimum atomic E-state index is -0.719. The lowest BCUT2D eigenvalue weighted by Gasteiger charge is -2.18. The van der Waals surface area contributed by atoms with E-state index in [4.69, 9.17) is 5.11 Å². The molecule has 0 aliphatic carbocycles. The summed E-state index contributed by atoms with van der Waals surface area (Å²) < 4.78 is 0. The summed E-state index contributed by atoms with van der Waals surface area (Å²) in [6.07, 6.45) is 9.78. The second kappa shape index (κ2) is 11.4. The van der Waals surface area contributed by atoms with Gasteiger partial charge in [0, 0.05) is 0 Å². The zero-order valence-corrected chi connectivity index (χ0v) is 19.0. The number of hydrogen-bond donors (Lipinski definition) is 2. The highest BCUT2D eigenvalue weighted by atomic mass is 16.4. The second-order valence-electron chi connectivity index (χ2n) is 9.76. The molecule has 4 nitrogen and oxygen atoms in total. The average molecular weight is 405 g/mol. The van der Waals surface area contributed by atoms with Gasteiger partial charge in [0.15, 0.2) is 0 Å². The maximum atomic E-state index is 11.2. The van der Waals surface area contributed by atoms with Crippen LogP contribution in [0.15, 0.2) is 18.2 Å². The van der Waals surface area contributed by atoms with Gasteiger partial charge in [-0.2, -0.15) is 0 Å². The number of carbonyl (C=O) groups is 2. The van der Waals surface area contributed by atoms with Crippen molar-refractivity contribution in [3.63, 3.8) is 0 Å². The van der Waals surface area contributed by atoms with Crippen molar-refractivity contribution in [3.8, 4) is 0 Å². The molecule has 0 atom stereocenters. The quantitative estimate of drug-likeness (QED) is 0.351. The highest BCUT2D eigenvalue weighted by molar-refractivity contribution is 5.73. The van der Waals surface area contributed by atoms with Gasteiger partial charge >= 0.3 is 11.9 Å². The Balaban J connectivity index is 2.31. The first kappa shape index (κ1) is 25.2. The third kappa shape index (κ3) is 9.01. The molecule has 1 aromatic rings. The van der Waals surface area contributed by atoms with Crippen LogP contribution in [-0.4, -0.2) is 22.2 Å². The third-order valence-electron chi connectivity index (χ3n) is 6.08. The lowest BCUT2D eigenvalue weighted by Crippen LogP contribution is -2.23. The van der Waals surface area contributed by atoms with E-state index in [-0.39, 0.29) is 0 Å². The van der Waals surface area contributed by atoms with Crippen LogP contribution >= 0.6 is 0 Å². The van der Waals surface area contributed by atoms with E-state index < -0.39 is 22.8 Å². The van der Waals surface area contributed by atoms with E-state index in [2.05, 4.69) is 25.1 Å². The molecular formula is C25H40O4. The van der Waals surface area contributed by atoms with Gasteiger partial charge in [-0.05, 0) is 89.8 Å². The Morgan fingerprint density at radius 1 is 0.759 bits per heavy atom. The summed E-state index contributed by atoms with van der Waals surface area (Å²) in [5, 5.41) is 18.3. The van der Waals surface area contributed by atoms with Crippen LogP contribution in [0.25, 0.3) is 0 Å². The summed E-state index contributed by atoms with van der Waals surface area (Å²) in [6, 6.07) is 6.73. The standard InChI is InChI=1S/C25H40O4/c1-19-18-20(12-8-6-7-10-16-24(2,3)22(26)27)14-15-21(19)13-9-11-17-25(4,5)23(28)29/h14-15,18H,6-13,16-17H2,1-5H3,(H,26,27)(H,28,29). The molecule has 2 N–H and O–H groups in total. The molecule has 29 heavy (non-hydrogen) atoms. The minimum Gasteiger partial charge on any atom is -0.481 e. The number of aliphatic carboxylic acids is 2. The maximum absolute atomic E-state index is 11.2. The van der Waals surface area contributed by atoms with Crippen LogP contribution in [0, 0.1) is 17.8 Å². The first-order chi connectivity index (χ1) is 13.5. The molecular weight excluding hydrogens is 364 g/mol. The van der Waals surface area contributed by atoms with Crippen molar-refractivity contribution in [2.24, 2.45) is 10.8 Å². The number of carboxylic acids is 2. The molecule has 0 fully saturated rings. The van der Waals surface area contributed by atoms with Gasteiger partial charge in [-0.25, -0.2) is 0 Å². The highest BCUT2D eigenvalue weighted by Gasteiger charge is 2.26. The summed E-state index contributed by atoms with van der Waals surface area (Å²) in [7, 11) is 0. The number of unbranched alkanes of at least 4 members (excludes halogenated alkanes) is 4. The SMILES string of the molecule is Cc1cc(CCCCCCC(C)(C)C(=O)O)ccc1CCCCC(C)(C)C(=O)O. The van der Waals surface area contributed by atoms with Crippen molar-refractivity contribution in [3.05, 3.63) is 34.9 Å². The number of benzene rings is 1. The normalized spacial score (nSPS) is 12.2. The van der Waals surface area contributed by atoms with E-state index in [1.807, 2.05) is 0 Å². The van der Waals surface area contributed by atoms with Gasteiger partial charge in [0.05, 0.1) is 10.8 Å². The largest absolute Gasteiger partial charge is 0.481 e. The van der Waals surface area contributed by atoms with Gasteiger partial charge < -0.3 is 10.2 Å². The highest BCUT2D eigenvalue weighted by Crippen LogP contribution is 2.25. The molecule has 0 saturated heterocycles. The van der Waals surface area contributed by atoms with Crippen molar-refractivity contribution in [1.29, 1.82) is 0 Å². The molecule has 0 radical (unpaired) electrons. The van der Waals surface area contributed by atoms with Crippen LogP contribution in [-0.2, 0) is 22.4 Å². The van der Waals surface area contributed by atoms with Gasteiger partial charge in [0.25, 0.3) is 0 Å². The van der Waals surface area contributed by atoms with Crippen molar-refractivity contribution < 1.29 is 19.8 Å². The fourth-order valence-electron chi connectivity index (χ4n) is 3.54. The van der Waals surface area contributed by atoms with E-state index in [1.165, 1.54) is 16.7 Å². The molecule has 0 aliphatic heterocycles. The van der Waals surface area contributed by atoms with Crippen molar-refractivity contribution in [2.45, 2.75) is 98.8 Å². The maximum Gasteiger partial charge on any atom is 0.309 e. The molecule has 0 saturated carbocycles. The predicted octanol–water partition coefficient (Wildman–Crippen LogP) is 6.42. The van der Waals surface area contributed by atoms with Crippen molar-refractivity contribution >= 4 is 11.9 Å². The summed E-state index contributed by atoms with van der Waals surface area (Å²) in [5.74, 6) is -1.43. The smallest absolute Gasteiger partial charge is 0.309 e. The van der Waals surface area contributed by atoms with Crippen LogP contribution in [0.2, 0.25) is 0 Å². The summed E-state index contributed by atoms with van der Waals surface area (Å²) in [5.41, 5.74) is 2.80. The molecule has 0 amide bonds. The Morgan fingerprint density at radius 3 is 1.76 bits per heavy atom. The van der Waals surface area contributed by atoms with Crippen LogP contribution in [0.5, 0.6) is 0 Å². The first-order valence-electron chi connectivity index (χ1n) is 11.0. The van der Waals surface area contributed by atoms with Crippen molar-refractivity contribution in [2.75, 3.05) is 0 Å². The topological polar surface area (TPSA) is 74.6 Å². The Bertz CT molecular complexity index is 673. The van der Waals surface area contributed by atoms with Crippen LogP contribution < -0.4 is 0 Å². The molecule has 4 heteroatoms. The van der Waals surface area contributed by atoms with Gasteiger partial charge in [-0.3, -0.25) is 9.59 Å². The van der Waals surface area contributed by atoms with E-state index in [1.54, 1.807) is 27.7 Å². The van der Waals surface area contributed by atoms with E-state index in [0.29, 0.717) is 6.42 Å². The predicted molar refractivity (Wildman–Crippen MR) is 118 cm³/mol. The molecule has 0 aromatic heterocycles. The number of carboxylic acid groups (broad SMARTS) is 2. The van der Waals surface area contributed by atoms with E-state index >= 15 is 0 Å². The molecule has 0 aliphatic rings. The number of hydrogen-bond acceptors (Lipinski definition) is 2. The third-order valence-corrected chi connectivity index (χ3v) is 6.08. The molecule has 1 aromatic carbocycles. The van der Waals surface area contributed by atoms with Crippen LogP contribution in [0.1, 0.15) is 95.8 Å². The second-order valence-corrected chi connectivity index (χ2v) is 9.76. The van der Waals surface area contributed by atoms with Crippen molar-refractivity contribution in [1.82, 2.24) is 0 Å². The van der Waals surface area contributed by atoms with Crippen LogP contribution in [0.3, 0.4) is 0 Å². The van der Waals surface area contributed by atoms with Crippen LogP contribution in [0.4, 0.5) is 0 Å². The molecule has 0 heterocycles. The fraction of sp³-hybridized carbons (Fsp3) is 0.680. The number of aryl methyl sites for hydroxylation is 3. The summed E-state index contributed by atoms with van der Waals surface area (Å²) in [6.45, 7) is 9.35. The first-order valence-corrected chi connectivity index (χ1v) is 11.0. The molecule has 0 unspecified atom stereocenters. The lowest BCUT2D eigenvalue weighted by atomic mass is 9.86.